The van der Waals surface area contributed by atoms with E-state index in [9.17, 15) is 20.2 Å². The number of benzene rings is 1. The zero-order valence-corrected chi connectivity index (χ0v) is 13.6. The van der Waals surface area contributed by atoms with Gasteiger partial charge in [0.2, 0.25) is 0 Å². The summed E-state index contributed by atoms with van der Waals surface area (Å²) in [7, 11) is 0. The van der Waals surface area contributed by atoms with E-state index in [1.807, 2.05) is 17.9 Å². The Bertz CT molecular complexity index is 809. The molecule has 1 fully saturated rings. The van der Waals surface area contributed by atoms with Crippen LogP contribution in [0.1, 0.15) is 12.0 Å². The van der Waals surface area contributed by atoms with E-state index < -0.39 is 4.92 Å². The highest BCUT2D eigenvalue weighted by molar-refractivity contribution is 5.65. The van der Waals surface area contributed by atoms with Gasteiger partial charge in [0.15, 0.2) is 0 Å². The third-order valence-electron chi connectivity index (χ3n) is 4.17. The lowest BCUT2D eigenvalue weighted by Gasteiger charge is -2.19. The molecule has 1 unspecified atom stereocenters. The highest BCUT2D eigenvalue weighted by Crippen LogP contribution is 2.32. The van der Waals surface area contributed by atoms with Gasteiger partial charge < -0.3 is 10.2 Å². The van der Waals surface area contributed by atoms with Gasteiger partial charge in [-0.25, -0.2) is 4.98 Å². The maximum atomic E-state index is 11.3. The van der Waals surface area contributed by atoms with Crippen LogP contribution in [0.25, 0.3) is 0 Å². The van der Waals surface area contributed by atoms with E-state index in [2.05, 4.69) is 10.3 Å². The van der Waals surface area contributed by atoms with Gasteiger partial charge in [-0.2, -0.15) is 0 Å². The molecule has 0 saturated carbocycles. The molecule has 0 radical (unpaired) electrons. The molecule has 0 aliphatic carbocycles. The second-order valence-corrected chi connectivity index (χ2v) is 5.98. The first kappa shape index (κ1) is 16.6. The Balaban J connectivity index is 1.70. The Morgan fingerprint density at radius 1 is 1.20 bits per heavy atom. The summed E-state index contributed by atoms with van der Waals surface area (Å²) < 4.78 is 0. The summed E-state index contributed by atoms with van der Waals surface area (Å²) in [6, 6.07) is 8.24. The first-order valence-corrected chi connectivity index (χ1v) is 7.81. The van der Waals surface area contributed by atoms with Gasteiger partial charge in [0.25, 0.3) is 11.4 Å². The van der Waals surface area contributed by atoms with Crippen LogP contribution in [-0.2, 0) is 0 Å². The van der Waals surface area contributed by atoms with Crippen LogP contribution < -0.4 is 10.2 Å². The molecule has 1 aliphatic heterocycles. The Morgan fingerprint density at radius 2 is 2.00 bits per heavy atom. The van der Waals surface area contributed by atoms with E-state index in [1.165, 1.54) is 12.3 Å². The van der Waals surface area contributed by atoms with Crippen molar-refractivity contribution in [3.63, 3.8) is 0 Å². The minimum Gasteiger partial charge on any atom is -0.365 e. The predicted molar refractivity (Wildman–Crippen MR) is 93.0 cm³/mol. The average Bonchev–Trinajstić information content (AvgIpc) is 3.03. The van der Waals surface area contributed by atoms with Gasteiger partial charge in [0.1, 0.15) is 17.7 Å². The molecule has 1 N–H and O–H groups in total. The van der Waals surface area contributed by atoms with Gasteiger partial charge in [-0.1, -0.05) is 6.07 Å². The zero-order valence-electron chi connectivity index (χ0n) is 13.6. The fourth-order valence-corrected chi connectivity index (χ4v) is 2.93. The fraction of sp³-hybridized carbons (Fsp3) is 0.312. The standard InChI is InChI=1S/C16H17N5O4/c1-11-2-4-14(15(8-11)21(24)25)19-7-6-12(10-19)18-16-5-3-13(9-17-16)20(22)23/h2-5,8-9,12H,6-7,10H2,1H3,(H,17,18). The Kier molecular flexibility index (Phi) is 4.46. The van der Waals surface area contributed by atoms with Gasteiger partial charge >= 0.3 is 0 Å². The molecule has 1 saturated heterocycles. The van der Waals surface area contributed by atoms with Crippen LogP contribution in [0.5, 0.6) is 0 Å². The first-order chi connectivity index (χ1) is 11.9. The number of hydrogen-bond donors (Lipinski definition) is 1. The number of nitrogens with one attached hydrogen (secondary N) is 1. The number of nitro benzene ring substituents is 1. The molecule has 2 heterocycles. The lowest BCUT2D eigenvalue weighted by molar-refractivity contribution is -0.385. The molecular formula is C16H17N5O4. The van der Waals surface area contributed by atoms with Crippen LogP contribution in [0, 0.1) is 27.2 Å². The Hall–Kier alpha value is -3.23. The molecular weight excluding hydrogens is 326 g/mol. The summed E-state index contributed by atoms with van der Waals surface area (Å²) in [6.45, 7) is 3.11. The number of hydrogen-bond acceptors (Lipinski definition) is 7. The number of pyridine rings is 1. The van der Waals surface area contributed by atoms with Crippen molar-refractivity contribution in [1.29, 1.82) is 0 Å². The Labute approximate surface area is 143 Å². The molecule has 0 spiro atoms. The van der Waals surface area contributed by atoms with Crippen LogP contribution in [0.15, 0.2) is 36.5 Å². The summed E-state index contributed by atoms with van der Waals surface area (Å²) in [5.41, 5.74) is 1.50. The number of nitro groups is 2. The first-order valence-electron chi connectivity index (χ1n) is 7.81. The summed E-state index contributed by atoms with van der Waals surface area (Å²) in [6.07, 6.45) is 2.00. The second kappa shape index (κ2) is 6.71. The van der Waals surface area contributed by atoms with Crippen molar-refractivity contribution in [3.05, 3.63) is 62.3 Å². The minimum absolute atomic E-state index is 0.0612. The highest BCUT2D eigenvalue weighted by Gasteiger charge is 2.27. The summed E-state index contributed by atoms with van der Waals surface area (Å²) >= 11 is 0. The largest absolute Gasteiger partial charge is 0.365 e. The Morgan fingerprint density at radius 3 is 2.64 bits per heavy atom. The van der Waals surface area contributed by atoms with Crippen molar-refractivity contribution < 1.29 is 9.85 Å². The summed E-state index contributed by atoms with van der Waals surface area (Å²) in [5.74, 6) is 0.552. The van der Waals surface area contributed by atoms with Gasteiger partial charge in [0, 0.05) is 31.3 Å². The van der Waals surface area contributed by atoms with Gasteiger partial charge in [-0.15, -0.1) is 0 Å². The van der Waals surface area contributed by atoms with E-state index in [1.54, 1.807) is 18.2 Å². The van der Waals surface area contributed by atoms with Gasteiger partial charge in [0.05, 0.1) is 9.85 Å². The molecule has 1 aliphatic rings. The normalized spacial score (nSPS) is 16.7. The molecule has 25 heavy (non-hydrogen) atoms. The number of anilines is 2. The average molecular weight is 343 g/mol. The highest BCUT2D eigenvalue weighted by atomic mass is 16.6. The van der Waals surface area contributed by atoms with E-state index in [-0.39, 0.29) is 22.3 Å². The molecule has 0 amide bonds. The maximum absolute atomic E-state index is 11.3. The lowest BCUT2D eigenvalue weighted by Crippen LogP contribution is -2.26. The van der Waals surface area contributed by atoms with E-state index in [4.69, 9.17) is 0 Å². The molecule has 3 rings (SSSR count). The van der Waals surface area contributed by atoms with E-state index >= 15 is 0 Å². The van der Waals surface area contributed by atoms with Crippen molar-refractivity contribution in [1.82, 2.24) is 4.98 Å². The summed E-state index contributed by atoms with van der Waals surface area (Å²) in [5, 5.41) is 25.2. The SMILES string of the molecule is Cc1ccc(N2CCC(Nc3ccc([N+](=O)[O-])cn3)C2)c([N+](=O)[O-])c1. The minimum atomic E-state index is -0.495. The van der Waals surface area contributed by atoms with E-state index in [0.29, 0.717) is 24.6 Å². The second-order valence-electron chi connectivity index (χ2n) is 5.98. The monoisotopic (exact) mass is 343 g/mol. The number of rotatable bonds is 5. The van der Waals surface area contributed by atoms with Crippen LogP contribution in [0.3, 0.4) is 0 Å². The third-order valence-corrected chi connectivity index (χ3v) is 4.17. The van der Waals surface area contributed by atoms with E-state index in [0.717, 1.165) is 12.0 Å². The topological polar surface area (TPSA) is 114 Å². The number of nitrogens with zero attached hydrogens (tertiary/aromatic N) is 4. The zero-order chi connectivity index (χ0) is 18.0. The quantitative estimate of drug-likeness (QED) is 0.655. The molecule has 9 nitrogen and oxygen atoms in total. The predicted octanol–water partition coefficient (Wildman–Crippen LogP) is 2.90. The molecule has 2 aromatic rings. The van der Waals surface area contributed by atoms with Crippen LogP contribution >= 0.6 is 0 Å². The molecule has 1 aromatic carbocycles. The van der Waals surface area contributed by atoms with Crippen LogP contribution in [0.4, 0.5) is 22.9 Å². The fourth-order valence-electron chi connectivity index (χ4n) is 2.93. The van der Waals surface area contributed by atoms with Crippen molar-refractivity contribution in [3.8, 4) is 0 Å². The lowest BCUT2D eigenvalue weighted by atomic mass is 10.2. The van der Waals surface area contributed by atoms with Crippen LogP contribution in [-0.4, -0.2) is 34.0 Å². The number of aromatic nitrogens is 1. The molecule has 130 valence electrons. The van der Waals surface area contributed by atoms with Crippen molar-refractivity contribution in [2.45, 2.75) is 19.4 Å². The number of aryl methyl sites for hydroxylation is 1. The maximum Gasteiger partial charge on any atom is 0.292 e. The van der Waals surface area contributed by atoms with Crippen molar-refractivity contribution in [2.24, 2.45) is 0 Å². The van der Waals surface area contributed by atoms with Gasteiger partial charge in [-0.3, -0.25) is 20.2 Å². The molecule has 1 aromatic heterocycles. The molecule has 0 bridgehead atoms. The van der Waals surface area contributed by atoms with Crippen molar-refractivity contribution >= 4 is 22.9 Å². The smallest absolute Gasteiger partial charge is 0.292 e. The summed E-state index contributed by atoms with van der Waals surface area (Å²) in [4.78, 5) is 27.1. The van der Waals surface area contributed by atoms with Gasteiger partial charge in [-0.05, 0) is 31.0 Å². The van der Waals surface area contributed by atoms with Crippen molar-refractivity contribution in [2.75, 3.05) is 23.3 Å². The third kappa shape index (κ3) is 3.65. The molecule has 1 atom stereocenters. The van der Waals surface area contributed by atoms with Crippen LogP contribution in [0.2, 0.25) is 0 Å². The molecule has 9 heteroatoms.